The molecule has 0 saturated carbocycles. The second-order valence-electron chi connectivity index (χ2n) is 8.77. The van der Waals surface area contributed by atoms with Crippen LogP contribution in [0.3, 0.4) is 0 Å². The minimum atomic E-state index is -3.70. The van der Waals surface area contributed by atoms with Crippen LogP contribution in [0, 0.1) is 11.7 Å². The van der Waals surface area contributed by atoms with Gasteiger partial charge in [-0.05, 0) is 67.6 Å². The highest BCUT2D eigenvalue weighted by Crippen LogP contribution is 2.35. The molecule has 4 rings (SSSR count). The normalized spacial score (nSPS) is 21.5. The van der Waals surface area contributed by atoms with E-state index in [1.165, 1.54) is 28.6 Å². The number of halogens is 2. The lowest BCUT2D eigenvalue weighted by atomic mass is 9.74. The molecule has 2 aliphatic heterocycles. The summed E-state index contributed by atoms with van der Waals surface area (Å²) in [4.78, 5) is 13.3. The zero-order chi connectivity index (χ0) is 23.5. The van der Waals surface area contributed by atoms with Gasteiger partial charge in [0.05, 0.1) is 10.8 Å². The van der Waals surface area contributed by atoms with Gasteiger partial charge in [0, 0.05) is 43.3 Å². The average Bonchev–Trinajstić information content (AvgIpc) is 2.84. The third-order valence-corrected chi connectivity index (χ3v) is 8.85. The van der Waals surface area contributed by atoms with Gasteiger partial charge in [-0.25, -0.2) is 12.8 Å². The highest BCUT2D eigenvalue weighted by molar-refractivity contribution is 7.89. The van der Waals surface area contributed by atoms with Gasteiger partial charge in [0.2, 0.25) is 15.9 Å². The Morgan fingerprint density at radius 3 is 2.45 bits per heavy atom. The molecule has 9 heteroatoms. The average molecular weight is 495 g/mol. The first-order valence-electron chi connectivity index (χ1n) is 11.2. The lowest BCUT2D eigenvalue weighted by Gasteiger charge is -2.39. The summed E-state index contributed by atoms with van der Waals surface area (Å²) in [6.07, 6.45) is 2.69. The molecule has 0 spiro atoms. The third-order valence-electron chi connectivity index (χ3n) is 6.71. The summed E-state index contributed by atoms with van der Waals surface area (Å²) in [5.41, 5.74) is 0.647. The van der Waals surface area contributed by atoms with Crippen LogP contribution in [0.15, 0.2) is 53.4 Å². The van der Waals surface area contributed by atoms with Crippen molar-refractivity contribution in [1.82, 2.24) is 9.62 Å². The first kappa shape index (κ1) is 24.1. The molecule has 2 aromatic carbocycles. The number of carbonyl (C=O) groups excluding carboxylic acids is 1. The van der Waals surface area contributed by atoms with Gasteiger partial charge in [0.25, 0.3) is 0 Å². The highest BCUT2D eigenvalue weighted by atomic mass is 35.5. The minimum absolute atomic E-state index is 0.142. The van der Waals surface area contributed by atoms with Crippen molar-refractivity contribution in [3.63, 3.8) is 0 Å². The van der Waals surface area contributed by atoms with E-state index < -0.39 is 15.9 Å². The van der Waals surface area contributed by atoms with Gasteiger partial charge < -0.3 is 10.1 Å². The van der Waals surface area contributed by atoms with Crippen LogP contribution in [-0.4, -0.2) is 51.5 Å². The van der Waals surface area contributed by atoms with Gasteiger partial charge >= 0.3 is 0 Å². The second-order valence-corrected chi connectivity index (χ2v) is 11.1. The number of sulfonamides is 1. The Kier molecular flexibility index (Phi) is 7.38. The number of benzene rings is 2. The van der Waals surface area contributed by atoms with Crippen LogP contribution in [0.4, 0.5) is 4.39 Å². The molecular formula is C24H28ClFN2O4S. The van der Waals surface area contributed by atoms with Crippen molar-refractivity contribution in [2.75, 3.05) is 32.8 Å². The van der Waals surface area contributed by atoms with Crippen LogP contribution in [-0.2, 0) is 25.0 Å². The molecule has 178 valence electrons. The highest BCUT2D eigenvalue weighted by Gasteiger charge is 2.37. The number of hydrogen-bond donors (Lipinski definition) is 1. The van der Waals surface area contributed by atoms with Crippen LogP contribution < -0.4 is 5.32 Å². The van der Waals surface area contributed by atoms with Crippen molar-refractivity contribution < 1.29 is 22.3 Å². The fourth-order valence-electron chi connectivity index (χ4n) is 4.66. The van der Waals surface area contributed by atoms with Crippen molar-refractivity contribution in [2.45, 2.75) is 36.0 Å². The van der Waals surface area contributed by atoms with E-state index >= 15 is 0 Å². The van der Waals surface area contributed by atoms with Gasteiger partial charge in [-0.15, -0.1) is 0 Å². The lowest BCUT2D eigenvalue weighted by molar-refractivity contribution is -0.126. The van der Waals surface area contributed by atoms with Crippen molar-refractivity contribution >= 4 is 27.5 Å². The number of ether oxygens (including phenoxy) is 1. The van der Waals surface area contributed by atoms with Gasteiger partial charge in [0.1, 0.15) is 5.82 Å². The molecule has 2 heterocycles. The standard InChI is InChI=1S/C24H28ClFN2O4S/c25-20-5-9-22(10-6-20)33(30,31)28-13-1-2-18(16-28)23(29)27-17-24(11-14-32-15-12-24)19-3-7-21(26)8-4-19/h3-10,18H,1-2,11-17H2,(H,27,29). The summed E-state index contributed by atoms with van der Waals surface area (Å²) in [6, 6.07) is 12.5. The molecule has 0 aliphatic carbocycles. The number of amides is 1. The SMILES string of the molecule is O=C(NCC1(c2ccc(F)cc2)CCOCC1)C1CCCN(S(=O)(=O)c2ccc(Cl)cc2)C1. The number of rotatable bonds is 6. The molecule has 6 nitrogen and oxygen atoms in total. The number of piperidine rings is 1. The second kappa shape index (κ2) is 10.1. The van der Waals surface area contributed by atoms with Crippen molar-refractivity contribution in [1.29, 1.82) is 0 Å². The van der Waals surface area contributed by atoms with E-state index in [1.54, 1.807) is 24.3 Å². The Hall–Kier alpha value is -2.00. The van der Waals surface area contributed by atoms with Crippen LogP contribution in [0.5, 0.6) is 0 Å². The summed E-state index contributed by atoms with van der Waals surface area (Å²) in [7, 11) is -3.70. The number of hydrogen-bond acceptors (Lipinski definition) is 4. The Balaban J connectivity index is 1.44. The summed E-state index contributed by atoms with van der Waals surface area (Å²) in [6.45, 7) is 2.07. The number of nitrogens with zero attached hydrogens (tertiary/aromatic N) is 1. The van der Waals surface area contributed by atoms with E-state index in [1.807, 2.05) is 0 Å². The molecule has 0 aromatic heterocycles. The monoisotopic (exact) mass is 494 g/mol. The fourth-order valence-corrected chi connectivity index (χ4v) is 6.31. The Morgan fingerprint density at radius 2 is 1.79 bits per heavy atom. The van der Waals surface area contributed by atoms with E-state index in [9.17, 15) is 17.6 Å². The predicted octanol–water partition coefficient (Wildman–Crippen LogP) is 3.74. The summed E-state index contributed by atoms with van der Waals surface area (Å²) in [5.74, 6) is -0.876. The summed E-state index contributed by atoms with van der Waals surface area (Å²) >= 11 is 5.89. The van der Waals surface area contributed by atoms with Crippen LogP contribution in [0.2, 0.25) is 5.02 Å². The maximum Gasteiger partial charge on any atom is 0.243 e. The largest absolute Gasteiger partial charge is 0.381 e. The molecule has 1 unspecified atom stereocenters. The molecule has 33 heavy (non-hydrogen) atoms. The number of nitrogens with one attached hydrogen (secondary N) is 1. The molecule has 2 aromatic rings. The van der Waals surface area contributed by atoms with E-state index in [4.69, 9.17) is 16.3 Å². The van der Waals surface area contributed by atoms with Gasteiger partial charge in [-0.2, -0.15) is 4.31 Å². The summed E-state index contributed by atoms with van der Waals surface area (Å²) in [5, 5.41) is 3.53. The smallest absolute Gasteiger partial charge is 0.243 e. The maximum atomic E-state index is 13.5. The minimum Gasteiger partial charge on any atom is -0.381 e. The van der Waals surface area contributed by atoms with Crippen molar-refractivity contribution in [3.05, 3.63) is 64.9 Å². The van der Waals surface area contributed by atoms with E-state index in [2.05, 4.69) is 5.32 Å². The predicted molar refractivity (Wildman–Crippen MR) is 124 cm³/mol. The maximum absolute atomic E-state index is 13.5. The topological polar surface area (TPSA) is 75.7 Å². The first-order chi connectivity index (χ1) is 15.8. The molecule has 1 N–H and O–H groups in total. The number of carbonyl (C=O) groups is 1. The van der Waals surface area contributed by atoms with Crippen LogP contribution in [0.25, 0.3) is 0 Å². The van der Waals surface area contributed by atoms with E-state index in [0.29, 0.717) is 44.2 Å². The molecule has 0 bridgehead atoms. The van der Waals surface area contributed by atoms with Gasteiger partial charge in [-0.1, -0.05) is 23.7 Å². The zero-order valence-electron chi connectivity index (χ0n) is 18.3. The fraction of sp³-hybridized carbons (Fsp3) is 0.458. The Bertz CT molecular complexity index is 1070. The Morgan fingerprint density at radius 1 is 1.12 bits per heavy atom. The van der Waals surface area contributed by atoms with Crippen molar-refractivity contribution in [2.24, 2.45) is 5.92 Å². The van der Waals surface area contributed by atoms with Crippen LogP contribution in [0.1, 0.15) is 31.2 Å². The van der Waals surface area contributed by atoms with Gasteiger partial charge in [0.15, 0.2) is 0 Å². The third kappa shape index (κ3) is 5.40. The molecule has 1 amide bonds. The van der Waals surface area contributed by atoms with Crippen LogP contribution >= 0.6 is 11.6 Å². The summed E-state index contributed by atoms with van der Waals surface area (Å²) < 4.78 is 46.4. The molecule has 0 radical (unpaired) electrons. The lowest BCUT2D eigenvalue weighted by Crippen LogP contribution is -2.49. The quantitative estimate of drug-likeness (QED) is 0.663. The van der Waals surface area contributed by atoms with Crippen molar-refractivity contribution in [3.8, 4) is 0 Å². The molecule has 2 fully saturated rings. The Labute approximate surface area is 199 Å². The first-order valence-corrected chi connectivity index (χ1v) is 13.0. The molecule has 1 atom stereocenters. The van der Waals surface area contributed by atoms with Gasteiger partial charge in [-0.3, -0.25) is 4.79 Å². The molecular weight excluding hydrogens is 467 g/mol. The van der Waals surface area contributed by atoms with E-state index in [-0.39, 0.29) is 28.6 Å². The zero-order valence-corrected chi connectivity index (χ0v) is 19.9. The van der Waals surface area contributed by atoms with E-state index in [0.717, 1.165) is 18.4 Å². The molecule has 2 saturated heterocycles. The molecule has 2 aliphatic rings.